The van der Waals surface area contributed by atoms with Gasteiger partial charge in [-0.25, -0.2) is 0 Å². The normalized spacial score (nSPS) is 21.6. The van der Waals surface area contributed by atoms with Gasteiger partial charge in [0, 0.05) is 0 Å². The predicted octanol–water partition coefficient (Wildman–Crippen LogP) is 3.47. The highest BCUT2D eigenvalue weighted by Crippen LogP contribution is 2.40. The number of aliphatic hydroxyl groups excluding tert-OH is 1. The molecule has 4 nitrogen and oxygen atoms in total. The Morgan fingerprint density at radius 1 is 1.33 bits per heavy atom. The molecule has 0 spiro atoms. The molecule has 1 aliphatic rings. The quantitative estimate of drug-likeness (QED) is 0.602. The Balaban J connectivity index is 2.92. The van der Waals surface area contributed by atoms with E-state index in [1.165, 1.54) is 0 Å². The minimum Gasteiger partial charge on any atom is -0.408 e. The molecule has 0 aromatic carbocycles. The Bertz CT molecular complexity index is 365. The third-order valence-electron chi connectivity index (χ3n) is 4.62. The molecule has 0 bridgehead atoms. The fourth-order valence-electron chi connectivity index (χ4n) is 1.99. The van der Waals surface area contributed by atoms with Gasteiger partial charge in [-0.2, -0.15) is 0 Å². The average molecular weight is 317 g/mol. The van der Waals surface area contributed by atoms with Gasteiger partial charge in [0.1, 0.15) is 6.10 Å². The zero-order valence-electron chi connectivity index (χ0n) is 14.7. The van der Waals surface area contributed by atoms with Crippen LogP contribution in [0.25, 0.3) is 0 Å². The average Bonchev–Trinajstić information content (AvgIpc) is 2.80. The van der Waals surface area contributed by atoms with Crippen LogP contribution in [0, 0.1) is 0 Å². The van der Waals surface area contributed by atoms with Gasteiger partial charge in [0.05, 0.1) is 19.8 Å². The van der Waals surface area contributed by atoms with Crippen LogP contribution >= 0.6 is 0 Å². The molecule has 21 heavy (non-hydrogen) atoms. The van der Waals surface area contributed by atoms with Crippen molar-refractivity contribution in [2.24, 2.45) is 0 Å². The summed E-state index contributed by atoms with van der Waals surface area (Å²) in [5.74, 6) is -0.693. The molecule has 1 rings (SSSR count). The van der Waals surface area contributed by atoms with Crippen LogP contribution in [0.4, 0.5) is 0 Å². The van der Waals surface area contributed by atoms with Crippen LogP contribution in [0.5, 0.6) is 0 Å². The van der Waals surface area contributed by atoms with E-state index in [-0.39, 0.29) is 17.7 Å². The van der Waals surface area contributed by atoms with Gasteiger partial charge in [-0.05, 0) is 38.4 Å². The van der Waals surface area contributed by atoms with Crippen LogP contribution < -0.4 is 0 Å². The van der Waals surface area contributed by atoms with E-state index in [0.717, 1.165) is 5.57 Å². The SMILES string of the molecule is C/C(=C/C[C@H](O[Si](C)(C)C(C)(C)C)C1(C)OCCO1)CO. The maximum atomic E-state index is 9.18. The van der Waals surface area contributed by atoms with Crippen LogP contribution in [-0.4, -0.2) is 45.1 Å². The van der Waals surface area contributed by atoms with E-state index in [0.29, 0.717) is 19.6 Å². The van der Waals surface area contributed by atoms with E-state index in [9.17, 15) is 5.11 Å². The molecule has 0 saturated carbocycles. The van der Waals surface area contributed by atoms with Gasteiger partial charge in [0.2, 0.25) is 0 Å². The lowest BCUT2D eigenvalue weighted by Crippen LogP contribution is -2.51. The Hall–Kier alpha value is -0.203. The molecule has 124 valence electrons. The monoisotopic (exact) mass is 316 g/mol. The Kier molecular flexibility index (Phi) is 6.21. The molecule has 0 aromatic heterocycles. The smallest absolute Gasteiger partial charge is 0.192 e. The van der Waals surface area contributed by atoms with Gasteiger partial charge in [-0.15, -0.1) is 0 Å². The lowest BCUT2D eigenvalue weighted by atomic mass is 10.1. The van der Waals surface area contributed by atoms with E-state index in [4.69, 9.17) is 13.9 Å². The van der Waals surface area contributed by atoms with Crippen LogP contribution in [0.1, 0.15) is 41.0 Å². The number of aliphatic hydroxyl groups is 1. The molecule has 0 unspecified atom stereocenters. The van der Waals surface area contributed by atoms with Crippen molar-refractivity contribution in [1.82, 2.24) is 0 Å². The molecule has 0 aromatic rings. The van der Waals surface area contributed by atoms with Crippen molar-refractivity contribution in [3.63, 3.8) is 0 Å². The summed E-state index contributed by atoms with van der Waals surface area (Å²) in [6.07, 6.45) is 2.56. The van der Waals surface area contributed by atoms with Crippen LogP contribution in [0.2, 0.25) is 18.1 Å². The van der Waals surface area contributed by atoms with Gasteiger partial charge in [-0.1, -0.05) is 32.4 Å². The van der Waals surface area contributed by atoms with Gasteiger partial charge < -0.3 is 19.0 Å². The van der Waals surface area contributed by atoms with Crippen molar-refractivity contribution in [1.29, 1.82) is 0 Å². The fourth-order valence-corrected chi connectivity index (χ4v) is 3.37. The van der Waals surface area contributed by atoms with Crippen LogP contribution in [0.3, 0.4) is 0 Å². The summed E-state index contributed by atoms with van der Waals surface area (Å²) in [7, 11) is -1.92. The van der Waals surface area contributed by atoms with E-state index in [1.54, 1.807) is 0 Å². The molecule has 0 amide bonds. The van der Waals surface area contributed by atoms with Gasteiger partial charge in [0.15, 0.2) is 14.1 Å². The lowest BCUT2D eigenvalue weighted by molar-refractivity contribution is -0.201. The summed E-state index contributed by atoms with van der Waals surface area (Å²) < 4.78 is 18.2. The Morgan fingerprint density at radius 3 is 2.29 bits per heavy atom. The van der Waals surface area contributed by atoms with E-state index >= 15 is 0 Å². The molecule has 1 fully saturated rings. The molecule has 1 heterocycles. The number of rotatable bonds is 6. The Labute approximate surface area is 130 Å². The number of ether oxygens (including phenoxy) is 2. The zero-order valence-corrected chi connectivity index (χ0v) is 15.7. The first-order valence-corrected chi connectivity index (χ1v) is 10.6. The summed E-state index contributed by atoms with van der Waals surface area (Å²) in [5.41, 5.74) is 0.945. The molecule has 0 aliphatic carbocycles. The lowest BCUT2D eigenvalue weighted by Gasteiger charge is -2.43. The van der Waals surface area contributed by atoms with Crippen LogP contribution in [-0.2, 0) is 13.9 Å². The van der Waals surface area contributed by atoms with E-state index < -0.39 is 14.1 Å². The third-order valence-corrected chi connectivity index (χ3v) is 9.10. The van der Waals surface area contributed by atoms with Gasteiger partial charge >= 0.3 is 0 Å². The fraction of sp³-hybridized carbons (Fsp3) is 0.875. The van der Waals surface area contributed by atoms with Crippen molar-refractivity contribution in [3.8, 4) is 0 Å². The second-order valence-corrected chi connectivity index (χ2v) is 12.3. The predicted molar refractivity (Wildman–Crippen MR) is 87.8 cm³/mol. The maximum absolute atomic E-state index is 9.18. The topological polar surface area (TPSA) is 47.9 Å². The highest BCUT2D eigenvalue weighted by atomic mass is 28.4. The first kappa shape index (κ1) is 18.8. The van der Waals surface area contributed by atoms with Gasteiger partial charge in [0.25, 0.3) is 0 Å². The molecule has 1 N–H and O–H groups in total. The second kappa shape index (κ2) is 6.92. The first-order chi connectivity index (χ1) is 9.52. The summed E-state index contributed by atoms with van der Waals surface area (Å²) >= 11 is 0. The first-order valence-electron chi connectivity index (χ1n) is 7.74. The molecule has 1 atom stereocenters. The Morgan fingerprint density at radius 2 is 1.86 bits per heavy atom. The van der Waals surface area contributed by atoms with Crippen LogP contribution in [0.15, 0.2) is 11.6 Å². The highest BCUT2D eigenvalue weighted by Gasteiger charge is 2.46. The van der Waals surface area contributed by atoms with E-state index in [1.807, 2.05) is 19.9 Å². The minimum atomic E-state index is -1.92. The highest BCUT2D eigenvalue weighted by molar-refractivity contribution is 6.74. The standard InChI is InChI=1S/C16H32O4Si/c1-13(12-17)8-9-14(16(5)18-10-11-19-16)20-21(6,7)15(2,3)4/h8,14,17H,9-12H2,1-7H3/b13-8-/t14-/m0/s1. The molecule has 0 radical (unpaired) electrons. The maximum Gasteiger partial charge on any atom is 0.192 e. The molecular formula is C16H32O4Si. The molecular weight excluding hydrogens is 284 g/mol. The number of hydrogen-bond acceptors (Lipinski definition) is 4. The largest absolute Gasteiger partial charge is 0.408 e. The van der Waals surface area contributed by atoms with Crippen molar-refractivity contribution in [2.45, 2.75) is 71.1 Å². The van der Waals surface area contributed by atoms with Crippen molar-refractivity contribution in [3.05, 3.63) is 11.6 Å². The minimum absolute atomic E-state index is 0.0746. The summed E-state index contributed by atoms with van der Waals surface area (Å²) in [6.45, 7) is 16.3. The summed E-state index contributed by atoms with van der Waals surface area (Å²) in [4.78, 5) is 0. The number of hydrogen-bond donors (Lipinski definition) is 1. The van der Waals surface area contributed by atoms with Crippen molar-refractivity contribution < 1.29 is 19.0 Å². The van der Waals surface area contributed by atoms with E-state index in [2.05, 4.69) is 33.9 Å². The summed E-state index contributed by atoms with van der Waals surface area (Å²) in [5, 5.41) is 9.31. The summed E-state index contributed by atoms with van der Waals surface area (Å²) in [6, 6.07) is 0. The zero-order chi connectivity index (χ0) is 16.3. The molecule has 5 heteroatoms. The van der Waals surface area contributed by atoms with Crippen molar-refractivity contribution >= 4 is 8.32 Å². The second-order valence-electron chi connectivity index (χ2n) is 7.52. The molecule has 1 saturated heterocycles. The van der Waals surface area contributed by atoms with Gasteiger partial charge in [-0.3, -0.25) is 0 Å². The van der Waals surface area contributed by atoms with Crippen molar-refractivity contribution in [2.75, 3.05) is 19.8 Å². The third kappa shape index (κ3) is 4.89. The molecule has 1 aliphatic heterocycles.